The number of ether oxygens (including phenoxy) is 1. The summed E-state index contributed by atoms with van der Waals surface area (Å²) in [6.45, 7) is -2.91. The molecule has 72 valence electrons. The summed E-state index contributed by atoms with van der Waals surface area (Å²) in [5.41, 5.74) is -0.581. The van der Waals surface area contributed by atoms with Crippen LogP contribution < -0.4 is 4.74 Å². The van der Waals surface area contributed by atoms with Gasteiger partial charge in [0.05, 0.1) is 12.0 Å². The molecule has 0 bridgehead atoms. The van der Waals surface area contributed by atoms with Gasteiger partial charge in [0.15, 0.2) is 0 Å². The Morgan fingerprint density at radius 3 is 2.69 bits per heavy atom. The zero-order valence-electron chi connectivity index (χ0n) is 6.48. The SMILES string of the molecule is COc1nn(C(F)F)cc1[N+](=O)[O-]. The second-order valence-electron chi connectivity index (χ2n) is 2.04. The largest absolute Gasteiger partial charge is 0.475 e. The summed E-state index contributed by atoms with van der Waals surface area (Å²) in [6.07, 6.45) is 0.615. The minimum absolute atomic E-state index is 0.164. The van der Waals surface area contributed by atoms with E-state index in [1.807, 2.05) is 0 Å². The monoisotopic (exact) mass is 193 g/mol. The highest BCUT2D eigenvalue weighted by Crippen LogP contribution is 2.26. The zero-order chi connectivity index (χ0) is 10.0. The van der Waals surface area contributed by atoms with Gasteiger partial charge in [-0.3, -0.25) is 10.1 Å². The molecule has 1 aromatic heterocycles. The fourth-order valence-electron chi connectivity index (χ4n) is 0.736. The van der Waals surface area contributed by atoms with Crippen LogP contribution >= 0.6 is 0 Å². The van der Waals surface area contributed by atoms with Crippen molar-refractivity contribution in [2.24, 2.45) is 0 Å². The van der Waals surface area contributed by atoms with E-state index in [0.29, 0.717) is 6.20 Å². The summed E-state index contributed by atoms with van der Waals surface area (Å²) in [5.74, 6) is -0.426. The lowest BCUT2D eigenvalue weighted by Crippen LogP contribution is -1.98. The maximum absolute atomic E-state index is 12.0. The highest BCUT2D eigenvalue weighted by Gasteiger charge is 2.22. The molecule has 1 heterocycles. The molecular weight excluding hydrogens is 188 g/mol. The summed E-state index contributed by atoms with van der Waals surface area (Å²) in [5, 5.41) is 13.4. The quantitative estimate of drug-likeness (QED) is 0.534. The minimum atomic E-state index is -2.91. The second-order valence-corrected chi connectivity index (χ2v) is 2.04. The van der Waals surface area contributed by atoms with E-state index in [1.54, 1.807) is 0 Å². The van der Waals surface area contributed by atoms with Crippen LogP contribution in [0.4, 0.5) is 14.5 Å². The standard InChI is InChI=1S/C5H5F2N3O3/c1-13-4-3(10(11)12)2-9(8-4)5(6)7/h2,5H,1H3. The van der Waals surface area contributed by atoms with Crippen LogP contribution in [0.15, 0.2) is 6.20 Å². The molecule has 0 saturated carbocycles. The predicted octanol–water partition coefficient (Wildman–Crippen LogP) is 1.19. The van der Waals surface area contributed by atoms with Crippen LogP contribution in [0, 0.1) is 10.1 Å². The van der Waals surface area contributed by atoms with Crippen LogP contribution in [0.5, 0.6) is 5.88 Å². The molecule has 0 aromatic carbocycles. The number of methoxy groups -OCH3 is 1. The van der Waals surface area contributed by atoms with Crippen LogP contribution in [0.2, 0.25) is 0 Å². The maximum Gasteiger partial charge on any atom is 0.350 e. The molecule has 0 aliphatic heterocycles. The molecule has 0 unspecified atom stereocenters. The fraction of sp³-hybridized carbons (Fsp3) is 0.400. The lowest BCUT2D eigenvalue weighted by molar-refractivity contribution is -0.385. The van der Waals surface area contributed by atoms with Gasteiger partial charge in [0.25, 0.3) is 0 Å². The van der Waals surface area contributed by atoms with E-state index in [0.717, 1.165) is 7.11 Å². The molecule has 0 fully saturated rings. The van der Waals surface area contributed by atoms with Gasteiger partial charge in [-0.05, 0) is 0 Å². The molecule has 1 rings (SSSR count). The number of aromatic nitrogens is 2. The predicted molar refractivity (Wildman–Crippen MR) is 36.7 cm³/mol. The first kappa shape index (κ1) is 9.36. The van der Waals surface area contributed by atoms with E-state index >= 15 is 0 Å². The highest BCUT2D eigenvalue weighted by molar-refractivity contribution is 5.38. The van der Waals surface area contributed by atoms with Gasteiger partial charge < -0.3 is 4.74 Å². The maximum atomic E-state index is 12.0. The van der Waals surface area contributed by atoms with Crippen molar-refractivity contribution in [1.29, 1.82) is 0 Å². The number of alkyl halides is 2. The normalized spacial score (nSPS) is 10.5. The van der Waals surface area contributed by atoms with Gasteiger partial charge in [0.2, 0.25) is 0 Å². The molecule has 1 aromatic rings. The van der Waals surface area contributed by atoms with Gasteiger partial charge >= 0.3 is 18.1 Å². The van der Waals surface area contributed by atoms with E-state index in [-0.39, 0.29) is 4.68 Å². The van der Waals surface area contributed by atoms with Crippen molar-refractivity contribution in [2.45, 2.75) is 6.55 Å². The molecule has 0 atom stereocenters. The number of hydrogen-bond acceptors (Lipinski definition) is 4. The number of nitro groups is 1. The first-order valence-electron chi connectivity index (χ1n) is 3.12. The number of halogens is 2. The fourth-order valence-corrected chi connectivity index (χ4v) is 0.736. The average Bonchev–Trinajstić information content (AvgIpc) is 2.47. The summed E-state index contributed by atoms with van der Waals surface area (Å²) >= 11 is 0. The summed E-state index contributed by atoms with van der Waals surface area (Å²) in [4.78, 5) is 9.40. The second kappa shape index (κ2) is 3.33. The Balaban J connectivity index is 3.11. The van der Waals surface area contributed by atoms with Gasteiger partial charge in [-0.15, -0.1) is 5.10 Å². The van der Waals surface area contributed by atoms with Crippen molar-refractivity contribution in [2.75, 3.05) is 7.11 Å². The summed E-state index contributed by atoms with van der Waals surface area (Å²) < 4.78 is 28.6. The van der Waals surface area contributed by atoms with E-state index in [4.69, 9.17) is 0 Å². The van der Waals surface area contributed by atoms with Crippen molar-refractivity contribution in [3.63, 3.8) is 0 Å². The van der Waals surface area contributed by atoms with Crippen molar-refractivity contribution in [3.05, 3.63) is 16.3 Å². The minimum Gasteiger partial charge on any atom is -0.475 e. The Bertz CT molecular complexity index is 325. The first-order chi connectivity index (χ1) is 6.06. The molecule has 0 saturated heterocycles. The lowest BCUT2D eigenvalue weighted by atomic mass is 10.6. The molecule has 0 radical (unpaired) electrons. The van der Waals surface area contributed by atoms with Crippen molar-refractivity contribution in [1.82, 2.24) is 9.78 Å². The Morgan fingerprint density at radius 1 is 1.77 bits per heavy atom. The molecule has 0 aliphatic carbocycles. The Hall–Kier alpha value is -1.73. The molecule has 0 amide bonds. The highest BCUT2D eigenvalue weighted by atomic mass is 19.3. The molecule has 0 spiro atoms. The third-order valence-corrected chi connectivity index (χ3v) is 1.27. The third kappa shape index (κ3) is 1.71. The Morgan fingerprint density at radius 2 is 2.38 bits per heavy atom. The van der Waals surface area contributed by atoms with Crippen molar-refractivity contribution in [3.8, 4) is 5.88 Å². The van der Waals surface area contributed by atoms with Crippen molar-refractivity contribution >= 4 is 5.69 Å². The molecule has 0 aliphatic rings. The van der Waals surface area contributed by atoms with Gasteiger partial charge in [0, 0.05) is 0 Å². The van der Waals surface area contributed by atoms with E-state index < -0.39 is 23.0 Å². The van der Waals surface area contributed by atoms with Crippen LogP contribution in [0.1, 0.15) is 6.55 Å². The van der Waals surface area contributed by atoms with Crippen LogP contribution in [0.3, 0.4) is 0 Å². The number of nitrogens with zero attached hydrogens (tertiary/aromatic N) is 3. The molecular formula is C5H5F2N3O3. The molecule has 0 N–H and O–H groups in total. The number of hydrogen-bond donors (Lipinski definition) is 0. The average molecular weight is 193 g/mol. The van der Waals surface area contributed by atoms with Crippen LogP contribution in [-0.2, 0) is 0 Å². The van der Waals surface area contributed by atoms with Crippen molar-refractivity contribution < 1.29 is 18.4 Å². The lowest BCUT2D eigenvalue weighted by Gasteiger charge is -1.94. The van der Waals surface area contributed by atoms with E-state index in [1.165, 1.54) is 0 Å². The Labute approximate surface area is 70.9 Å². The molecule has 13 heavy (non-hydrogen) atoms. The van der Waals surface area contributed by atoms with Gasteiger partial charge in [-0.25, -0.2) is 4.68 Å². The number of rotatable bonds is 3. The van der Waals surface area contributed by atoms with Gasteiger partial charge in [-0.2, -0.15) is 8.78 Å². The summed E-state index contributed by atoms with van der Waals surface area (Å²) in [6, 6.07) is 0. The van der Waals surface area contributed by atoms with Crippen LogP contribution in [0.25, 0.3) is 0 Å². The smallest absolute Gasteiger partial charge is 0.350 e. The molecule has 6 nitrogen and oxygen atoms in total. The van der Waals surface area contributed by atoms with Gasteiger partial charge in [-0.1, -0.05) is 0 Å². The van der Waals surface area contributed by atoms with E-state index in [2.05, 4.69) is 9.84 Å². The topological polar surface area (TPSA) is 70.2 Å². The third-order valence-electron chi connectivity index (χ3n) is 1.27. The van der Waals surface area contributed by atoms with Gasteiger partial charge in [0.1, 0.15) is 6.20 Å². The van der Waals surface area contributed by atoms with E-state index in [9.17, 15) is 18.9 Å². The summed E-state index contributed by atoms with van der Waals surface area (Å²) in [7, 11) is 1.12. The first-order valence-corrected chi connectivity index (χ1v) is 3.12. The van der Waals surface area contributed by atoms with Crippen LogP contribution in [-0.4, -0.2) is 21.8 Å². The Kier molecular flexibility index (Phi) is 2.40. The zero-order valence-corrected chi connectivity index (χ0v) is 6.48. The molecule has 8 heteroatoms.